The van der Waals surface area contributed by atoms with Crippen LogP contribution in [-0.2, 0) is 16.0 Å². The van der Waals surface area contributed by atoms with Crippen molar-refractivity contribution in [1.82, 2.24) is 5.32 Å². The molecular weight excluding hydrogens is 272 g/mol. The maximum Gasteiger partial charge on any atom is 0.323 e. The van der Waals surface area contributed by atoms with Crippen molar-refractivity contribution in [2.45, 2.75) is 19.4 Å². The summed E-state index contributed by atoms with van der Waals surface area (Å²) in [5.41, 5.74) is 0.879. The van der Waals surface area contributed by atoms with Crippen LogP contribution in [0.4, 0.5) is 5.69 Å². The van der Waals surface area contributed by atoms with Crippen LogP contribution in [0.15, 0.2) is 24.3 Å². The van der Waals surface area contributed by atoms with E-state index in [0.717, 1.165) is 5.56 Å². The van der Waals surface area contributed by atoms with Crippen LogP contribution in [0.25, 0.3) is 0 Å². The Morgan fingerprint density at radius 2 is 2.00 bits per heavy atom. The Balaban J connectivity index is 0.00000324. The van der Waals surface area contributed by atoms with E-state index in [-0.39, 0.29) is 24.1 Å². The summed E-state index contributed by atoms with van der Waals surface area (Å²) < 4.78 is 4.92. The van der Waals surface area contributed by atoms with Gasteiger partial charge in [0.25, 0.3) is 5.69 Å². The lowest BCUT2D eigenvalue weighted by Crippen LogP contribution is -2.37. The minimum atomic E-state index is -0.454. The number of nitrogens with zero attached hydrogens (tertiary/aromatic N) is 1. The molecule has 0 bridgehead atoms. The number of halogens is 1. The molecule has 0 radical (unpaired) electrons. The van der Waals surface area contributed by atoms with Crippen LogP contribution < -0.4 is 5.32 Å². The second kappa shape index (κ2) is 8.44. The molecule has 0 aliphatic carbocycles. The number of esters is 1. The highest BCUT2D eigenvalue weighted by molar-refractivity contribution is 5.85. The predicted molar refractivity (Wildman–Crippen MR) is 73.5 cm³/mol. The molecule has 0 saturated heterocycles. The highest BCUT2D eigenvalue weighted by Gasteiger charge is 2.18. The molecule has 0 amide bonds. The maximum absolute atomic E-state index is 11.6. The van der Waals surface area contributed by atoms with E-state index in [0.29, 0.717) is 13.0 Å². The number of hydrogen-bond donors (Lipinski definition) is 1. The summed E-state index contributed by atoms with van der Waals surface area (Å²) in [7, 11) is 1.67. The number of non-ortho nitro benzene ring substituents is 1. The average Bonchev–Trinajstić information content (AvgIpc) is 2.36. The Hall–Kier alpha value is -1.66. The van der Waals surface area contributed by atoms with Crippen molar-refractivity contribution in [2.24, 2.45) is 0 Å². The molecule has 0 spiro atoms. The van der Waals surface area contributed by atoms with Crippen LogP contribution in [-0.4, -0.2) is 30.6 Å². The molecule has 19 heavy (non-hydrogen) atoms. The Bertz CT molecular complexity index is 422. The van der Waals surface area contributed by atoms with Crippen molar-refractivity contribution >= 4 is 24.1 Å². The van der Waals surface area contributed by atoms with E-state index in [1.54, 1.807) is 26.1 Å². The molecule has 1 rings (SSSR count). The van der Waals surface area contributed by atoms with E-state index in [9.17, 15) is 14.9 Å². The van der Waals surface area contributed by atoms with Gasteiger partial charge in [0.15, 0.2) is 0 Å². The lowest BCUT2D eigenvalue weighted by Gasteiger charge is -2.14. The standard InChI is InChI=1S/C12H16N2O4.ClH/c1-3-18-12(15)11(13-2)8-9-4-6-10(7-5-9)14(16)17;/h4-7,11,13H,3,8H2,1-2H3;1H/t11-;/m0./s1. The number of likely N-dealkylation sites (N-methyl/N-ethyl adjacent to an activating group) is 1. The smallest absolute Gasteiger partial charge is 0.323 e. The van der Waals surface area contributed by atoms with Crippen LogP contribution in [0, 0.1) is 10.1 Å². The SMILES string of the molecule is CCOC(=O)[C@H](Cc1ccc([N+](=O)[O-])cc1)NC.Cl. The molecule has 1 N–H and O–H groups in total. The van der Waals surface area contributed by atoms with Gasteiger partial charge in [-0.1, -0.05) is 12.1 Å². The summed E-state index contributed by atoms with van der Waals surface area (Å²) in [4.78, 5) is 21.6. The first-order chi connectivity index (χ1) is 8.58. The average molecular weight is 289 g/mol. The Morgan fingerprint density at radius 3 is 2.42 bits per heavy atom. The molecule has 0 saturated carbocycles. The van der Waals surface area contributed by atoms with Crippen LogP contribution in [0.3, 0.4) is 0 Å². The highest BCUT2D eigenvalue weighted by Crippen LogP contribution is 2.13. The number of ether oxygens (including phenoxy) is 1. The first-order valence-corrected chi connectivity index (χ1v) is 5.65. The Morgan fingerprint density at radius 1 is 1.42 bits per heavy atom. The van der Waals surface area contributed by atoms with Crippen molar-refractivity contribution in [3.8, 4) is 0 Å². The number of carbonyl (C=O) groups excluding carboxylic acids is 1. The Kier molecular flexibility index (Phi) is 7.71. The van der Waals surface area contributed by atoms with E-state index in [4.69, 9.17) is 4.74 Å². The van der Waals surface area contributed by atoms with Gasteiger partial charge in [-0.2, -0.15) is 0 Å². The minimum absolute atomic E-state index is 0. The predicted octanol–water partition coefficient (Wildman–Crippen LogP) is 1.71. The zero-order valence-corrected chi connectivity index (χ0v) is 11.6. The lowest BCUT2D eigenvalue weighted by atomic mass is 10.1. The molecule has 1 atom stereocenters. The molecule has 1 aromatic rings. The van der Waals surface area contributed by atoms with Crippen molar-refractivity contribution < 1.29 is 14.5 Å². The molecule has 1 aromatic carbocycles. The van der Waals surface area contributed by atoms with Crippen molar-refractivity contribution in [3.05, 3.63) is 39.9 Å². The van der Waals surface area contributed by atoms with E-state index in [1.165, 1.54) is 12.1 Å². The minimum Gasteiger partial charge on any atom is -0.465 e. The first-order valence-electron chi connectivity index (χ1n) is 5.65. The van der Waals surface area contributed by atoms with E-state index in [2.05, 4.69) is 5.32 Å². The highest BCUT2D eigenvalue weighted by atomic mass is 35.5. The summed E-state index contributed by atoms with van der Waals surface area (Å²) in [5, 5.41) is 13.4. The molecule has 0 aromatic heterocycles. The first kappa shape index (κ1) is 17.3. The second-order valence-electron chi connectivity index (χ2n) is 3.72. The fourth-order valence-electron chi connectivity index (χ4n) is 1.54. The number of hydrogen-bond acceptors (Lipinski definition) is 5. The van der Waals surface area contributed by atoms with Gasteiger partial charge in [-0.05, 0) is 26.0 Å². The van der Waals surface area contributed by atoms with Gasteiger partial charge in [0.2, 0.25) is 0 Å². The fraction of sp³-hybridized carbons (Fsp3) is 0.417. The van der Waals surface area contributed by atoms with Crippen LogP contribution in [0.5, 0.6) is 0 Å². The normalized spacial score (nSPS) is 11.3. The summed E-state index contributed by atoms with van der Waals surface area (Å²) in [6.07, 6.45) is 0.438. The van der Waals surface area contributed by atoms with E-state index < -0.39 is 11.0 Å². The molecule has 6 nitrogen and oxygen atoms in total. The molecule has 0 heterocycles. The zero-order chi connectivity index (χ0) is 13.5. The largest absolute Gasteiger partial charge is 0.465 e. The fourth-order valence-corrected chi connectivity index (χ4v) is 1.54. The van der Waals surface area contributed by atoms with Crippen LogP contribution >= 0.6 is 12.4 Å². The third-order valence-corrected chi connectivity index (χ3v) is 2.51. The van der Waals surface area contributed by atoms with Gasteiger partial charge in [0.1, 0.15) is 6.04 Å². The number of carbonyl (C=O) groups is 1. The van der Waals surface area contributed by atoms with E-state index in [1.807, 2.05) is 0 Å². The number of rotatable bonds is 6. The molecule has 0 unspecified atom stereocenters. The maximum atomic E-state index is 11.6. The summed E-state index contributed by atoms with van der Waals surface area (Å²) in [6, 6.07) is 5.69. The van der Waals surface area contributed by atoms with Gasteiger partial charge in [-0.15, -0.1) is 12.4 Å². The van der Waals surface area contributed by atoms with Crippen molar-refractivity contribution in [1.29, 1.82) is 0 Å². The van der Waals surface area contributed by atoms with Gasteiger partial charge in [-0.25, -0.2) is 0 Å². The van der Waals surface area contributed by atoms with Gasteiger partial charge in [-0.3, -0.25) is 14.9 Å². The monoisotopic (exact) mass is 288 g/mol. The molecule has 7 heteroatoms. The molecule has 106 valence electrons. The van der Waals surface area contributed by atoms with Crippen molar-refractivity contribution in [2.75, 3.05) is 13.7 Å². The third kappa shape index (κ3) is 5.23. The Labute approximate surface area is 117 Å². The van der Waals surface area contributed by atoms with Gasteiger partial charge >= 0.3 is 5.97 Å². The quantitative estimate of drug-likeness (QED) is 0.489. The molecule has 0 aliphatic rings. The number of nitro groups is 1. The zero-order valence-electron chi connectivity index (χ0n) is 10.8. The number of nitrogens with one attached hydrogen (secondary N) is 1. The van der Waals surface area contributed by atoms with E-state index >= 15 is 0 Å². The third-order valence-electron chi connectivity index (χ3n) is 2.51. The summed E-state index contributed by atoms with van der Waals surface area (Å²) in [5.74, 6) is -0.321. The topological polar surface area (TPSA) is 81.5 Å². The molecular formula is C12H17ClN2O4. The van der Waals surface area contributed by atoms with Gasteiger partial charge in [0, 0.05) is 12.1 Å². The number of nitro benzene ring substituents is 1. The summed E-state index contributed by atoms with van der Waals surface area (Å²) >= 11 is 0. The molecule has 0 fully saturated rings. The second-order valence-corrected chi connectivity index (χ2v) is 3.72. The number of benzene rings is 1. The van der Waals surface area contributed by atoms with Crippen molar-refractivity contribution in [3.63, 3.8) is 0 Å². The summed E-state index contributed by atoms with van der Waals surface area (Å²) in [6.45, 7) is 2.08. The molecule has 0 aliphatic heterocycles. The van der Waals surface area contributed by atoms with Gasteiger partial charge in [0.05, 0.1) is 11.5 Å². The van der Waals surface area contributed by atoms with Crippen LogP contribution in [0.2, 0.25) is 0 Å². The lowest BCUT2D eigenvalue weighted by molar-refractivity contribution is -0.384. The van der Waals surface area contributed by atoms with Crippen LogP contribution in [0.1, 0.15) is 12.5 Å². The van der Waals surface area contributed by atoms with Gasteiger partial charge < -0.3 is 10.1 Å².